The Kier molecular flexibility index (Phi) is 2.40. The van der Waals surface area contributed by atoms with Gasteiger partial charge in [-0.3, -0.25) is 4.90 Å². The van der Waals surface area contributed by atoms with Crippen LogP contribution in [-0.2, 0) is 11.2 Å². The smallest absolute Gasteiger partial charge is 0.399 e. The van der Waals surface area contributed by atoms with Crippen molar-refractivity contribution in [3.8, 4) is 0 Å². The summed E-state index contributed by atoms with van der Waals surface area (Å²) in [7, 11) is 0. The number of hydrogen-bond acceptors (Lipinski definition) is 4. The zero-order chi connectivity index (χ0) is 11.7. The van der Waals surface area contributed by atoms with Crippen molar-refractivity contribution in [2.45, 2.75) is 6.42 Å². The lowest BCUT2D eigenvalue weighted by Gasteiger charge is -2.15. The van der Waals surface area contributed by atoms with E-state index in [2.05, 4.69) is 4.74 Å². The van der Waals surface area contributed by atoms with E-state index < -0.39 is 12.2 Å². The molecule has 2 amide bonds. The number of carbonyl (C=O) groups excluding carboxylic acids is 2. The number of rotatable bonds is 0. The topological polar surface area (TPSA) is 98.7 Å². The van der Waals surface area contributed by atoms with Gasteiger partial charge in [0.2, 0.25) is 0 Å². The molecule has 0 saturated carbocycles. The van der Waals surface area contributed by atoms with Gasteiger partial charge in [0.25, 0.3) is 0 Å². The third kappa shape index (κ3) is 1.77. The van der Waals surface area contributed by atoms with Crippen molar-refractivity contribution in [3.63, 3.8) is 0 Å². The molecule has 6 heteroatoms. The molecule has 0 atom stereocenters. The van der Waals surface area contributed by atoms with E-state index in [1.54, 1.807) is 18.2 Å². The van der Waals surface area contributed by atoms with Gasteiger partial charge in [0.1, 0.15) is 0 Å². The Morgan fingerprint density at radius 1 is 1.38 bits per heavy atom. The van der Waals surface area contributed by atoms with Crippen molar-refractivity contribution in [2.75, 3.05) is 17.2 Å². The molecular weight excluding hydrogens is 210 g/mol. The molecule has 84 valence electrons. The Hall–Kier alpha value is -2.24. The number of fused-ring (bicyclic) bond motifs is 1. The monoisotopic (exact) mass is 221 g/mol. The van der Waals surface area contributed by atoms with Crippen LogP contribution in [0.2, 0.25) is 0 Å². The normalized spacial score (nSPS) is 13.4. The second-order valence-corrected chi connectivity index (χ2v) is 3.48. The lowest BCUT2D eigenvalue weighted by Crippen LogP contribution is -2.33. The molecule has 1 aromatic carbocycles. The van der Waals surface area contributed by atoms with Gasteiger partial charge in [-0.2, -0.15) is 0 Å². The maximum atomic E-state index is 11.5. The van der Waals surface area contributed by atoms with E-state index in [0.717, 1.165) is 5.56 Å². The maximum Gasteiger partial charge on any atom is 0.423 e. The van der Waals surface area contributed by atoms with Crippen LogP contribution in [0.25, 0.3) is 0 Å². The summed E-state index contributed by atoms with van der Waals surface area (Å²) < 4.78 is 4.32. The van der Waals surface area contributed by atoms with E-state index in [9.17, 15) is 9.59 Å². The second kappa shape index (κ2) is 3.73. The first kappa shape index (κ1) is 10.3. The largest absolute Gasteiger partial charge is 0.423 e. The van der Waals surface area contributed by atoms with Gasteiger partial charge in [-0.15, -0.1) is 0 Å². The number of nitrogen functional groups attached to an aromatic ring is 1. The average Bonchev–Trinajstić information content (AvgIpc) is 2.59. The van der Waals surface area contributed by atoms with Crippen molar-refractivity contribution in [2.24, 2.45) is 5.73 Å². The highest BCUT2D eigenvalue weighted by Gasteiger charge is 2.26. The summed E-state index contributed by atoms with van der Waals surface area (Å²) in [5.41, 5.74) is 12.7. The number of amides is 2. The molecule has 1 aliphatic heterocycles. The van der Waals surface area contributed by atoms with Crippen LogP contribution in [0.3, 0.4) is 0 Å². The molecule has 0 radical (unpaired) electrons. The molecule has 0 unspecified atom stereocenters. The number of nitrogens with two attached hydrogens (primary N) is 2. The highest BCUT2D eigenvalue weighted by molar-refractivity contribution is 5.96. The summed E-state index contributed by atoms with van der Waals surface area (Å²) in [6.07, 6.45) is -1.17. The van der Waals surface area contributed by atoms with Crippen molar-refractivity contribution >= 4 is 23.6 Å². The first-order valence-electron chi connectivity index (χ1n) is 4.75. The first-order valence-corrected chi connectivity index (χ1v) is 4.75. The number of primary amides is 1. The van der Waals surface area contributed by atoms with Crippen LogP contribution in [0.4, 0.5) is 21.0 Å². The summed E-state index contributed by atoms with van der Waals surface area (Å²) >= 11 is 0. The zero-order valence-corrected chi connectivity index (χ0v) is 8.47. The van der Waals surface area contributed by atoms with Gasteiger partial charge in [-0.25, -0.2) is 9.59 Å². The number of carbonyl (C=O) groups is 2. The van der Waals surface area contributed by atoms with Crippen molar-refractivity contribution in [1.82, 2.24) is 0 Å². The van der Waals surface area contributed by atoms with Crippen molar-refractivity contribution < 1.29 is 14.3 Å². The van der Waals surface area contributed by atoms with E-state index in [-0.39, 0.29) is 0 Å². The van der Waals surface area contributed by atoms with Gasteiger partial charge in [-0.1, -0.05) is 0 Å². The Balaban J connectivity index is 2.23. The minimum atomic E-state index is -1.10. The molecule has 0 spiro atoms. The standard InChI is InChI=1S/C10H11N3O3/c11-7-1-2-8-6(5-7)3-4-13(8)10(15)16-9(12)14/h1-2,5H,3-4,11H2,(H2,12,14). The first-order chi connectivity index (χ1) is 7.58. The number of benzene rings is 1. The SMILES string of the molecule is NC(=O)OC(=O)N1CCc2cc(N)ccc21. The van der Waals surface area contributed by atoms with E-state index in [1.807, 2.05) is 0 Å². The van der Waals surface area contributed by atoms with E-state index in [1.165, 1.54) is 4.90 Å². The Morgan fingerprint density at radius 3 is 2.81 bits per heavy atom. The average molecular weight is 221 g/mol. The third-order valence-corrected chi connectivity index (χ3v) is 2.41. The lowest BCUT2D eigenvalue weighted by atomic mass is 10.1. The molecule has 16 heavy (non-hydrogen) atoms. The highest BCUT2D eigenvalue weighted by atomic mass is 16.6. The molecule has 6 nitrogen and oxygen atoms in total. The summed E-state index contributed by atoms with van der Waals surface area (Å²) in [5, 5.41) is 0. The van der Waals surface area contributed by atoms with Crippen LogP contribution in [0.5, 0.6) is 0 Å². The van der Waals surface area contributed by atoms with Crippen LogP contribution >= 0.6 is 0 Å². The van der Waals surface area contributed by atoms with Gasteiger partial charge < -0.3 is 16.2 Å². The van der Waals surface area contributed by atoms with Gasteiger partial charge in [0.05, 0.1) is 5.69 Å². The van der Waals surface area contributed by atoms with E-state index >= 15 is 0 Å². The summed E-state index contributed by atoms with van der Waals surface area (Å²) in [6, 6.07) is 5.21. The molecule has 0 aliphatic carbocycles. The zero-order valence-electron chi connectivity index (χ0n) is 8.47. The quantitative estimate of drug-likeness (QED) is 0.501. The number of ether oxygens (including phenoxy) is 1. The Morgan fingerprint density at radius 2 is 2.12 bits per heavy atom. The predicted molar refractivity (Wildman–Crippen MR) is 58.0 cm³/mol. The Bertz CT molecular complexity index is 459. The van der Waals surface area contributed by atoms with Crippen LogP contribution in [0.15, 0.2) is 18.2 Å². The molecule has 1 aromatic rings. The van der Waals surface area contributed by atoms with Gasteiger partial charge >= 0.3 is 12.2 Å². The molecule has 0 bridgehead atoms. The second-order valence-electron chi connectivity index (χ2n) is 3.48. The fourth-order valence-electron chi connectivity index (χ4n) is 1.75. The number of anilines is 2. The molecule has 2 rings (SSSR count). The van der Waals surface area contributed by atoms with E-state index in [0.29, 0.717) is 24.3 Å². The molecule has 1 heterocycles. The van der Waals surface area contributed by atoms with Gasteiger partial charge in [-0.05, 0) is 30.2 Å². The number of hydrogen-bond donors (Lipinski definition) is 2. The minimum absolute atomic E-state index is 0.463. The van der Waals surface area contributed by atoms with Crippen LogP contribution in [0, 0.1) is 0 Å². The number of nitrogens with zero attached hydrogens (tertiary/aromatic N) is 1. The fourth-order valence-corrected chi connectivity index (χ4v) is 1.75. The molecule has 0 saturated heterocycles. The van der Waals surface area contributed by atoms with Gasteiger partial charge in [0.15, 0.2) is 0 Å². The van der Waals surface area contributed by atoms with Crippen molar-refractivity contribution in [3.05, 3.63) is 23.8 Å². The van der Waals surface area contributed by atoms with Crippen LogP contribution in [-0.4, -0.2) is 18.7 Å². The molecule has 4 N–H and O–H groups in total. The van der Waals surface area contributed by atoms with Crippen molar-refractivity contribution in [1.29, 1.82) is 0 Å². The summed E-state index contributed by atoms with van der Waals surface area (Å²) in [5.74, 6) is 0. The van der Waals surface area contributed by atoms with Crippen LogP contribution < -0.4 is 16.4 Å². The maximum absolute atomic E-state index is 11.5. The minimum Gasteiger partial charge on any atom is -0.399 e. The lowest BCUT2D eigenvalue weighted by molar-refractivity contribution is 0.162. The summed E-state index contributed by atoms with van der Waals surface area (Å²) in [4.78, 5) is 23.3. The molecule has 1 aliphatic rings. The highest BCUT2D eigenvalue weighted by Crippen LogP contribution is 2.29. The Labute approximate surface area is 91.8 Å². The summed E-state index contributed by atoms with van der Waals surface area (Å²) in [6.45, 7) is 0.463. The predicted octanol–water partition coefficient (Wildman–Crippen LogP) is 0.847. The third-order valence-electron chi connectivity index (χ3n) is 2.41. The molecule has 0 aromatic heterocycles. The van der Waals surface area contributed by atoms with Gasteiger partial charge in [0, 0.05) is 12.2 Å². The fraction of sp³-hybridized carbons (Fsp3) is 0.200. The van der Waals surface area contributed by atoms with E-state index in [4.69, 9.17) is 11.5 Å². The van der Waals surface area contributed by atoms with Crippen LogP contribution in [0.1, 0.15) is 5.56 Å². The molecular formula is C10H11N3O3. The molecule has 0 fully saturated rings.